The molecule has 0 aromatic rings. The Morgan fingerprint density at radius 2 is 2.12 bits per heavy atom. The summed E-state index contributed by atoms with van der Waals surface area (Å²) in [6, 6.07) is -2.01. The first-order valence-corrected chi connectivity index (χ1v) is 9.37. The number of hydrogen-bond donors (Lipinski definition) is 3. The predicted octanol–water partition coefficient (Wildman–Crippen LogP) is -0.551. The molecule has 0 spiro atoms. The second-order valence-corrected chi connectivity index (χ2v) is 7.90. The van der Waals surface area contributed by atoms with Crippen LogP contribution in [0.2, 0.25) is 0 Å². The van der Waals surface area contributed by atoms with E-state index < -0.39 is 39.8 Å². The molecule has 0 aromatic carbocycles. The van der Waals surface area contributed by atoms with Crippen molar-refractivity contribution in [2.24, 2.45) is 5.41 Å². The summed E-state index contributed by atoms with van der Waals surface area (Å²) in [7, 11) is -3.11. The van der Waals surface area contributed by atoms with Crippen molar-refractivity contribution in [1.82, 2.24) is 20.8 Å². The number of nitrogens with zero attached hydrogens (tertiary/aromatic N) is 2. The lowest BCUT2D eigenvalue weighted by atomic mass is 9.74. The normalized spacial score (nSPS) is 24.7. The quantitative estimate of drug-likeness (QED) is 0.216. The molecule has 2 aliphatic heterocycles. The van der Waals surface area contributed by atoms with Crippen LogP contribution in [-0.2, 0) is 24.3 Å². The average molecular weight is 392 g/mol. The van der Waals surface area contributed by atoms with E-state index in [1.165, 1.54) is 4.90 Å². The third-order valence-electron chi connectivity index (χ3n) is 4.57. The fourth-order valence-corrected chi connectivity index (χ4v) is 3.52. The first-order chi connectivity index (χ1) is 12.0. The SMILES string of the molecule is C=C(C(=O)NOCCNC)C1CC(C)(C)C2CN1C(=O)N2OS(=O)(=O)O. The number of piperidine rings is 1. The molecule has 12 heteroatoms. The molecule has 2 heterocycles. The molecule has 2 bridgehead atoms. The summed E-state index contributed by atoms with van der Waals surface area (Å²) in [4.78, 5) is 31.1. The largest absolute Gasteiger partial charge is 0.418 e. The minimum atomic E-state index is -4.85. The molecule has 0 aliphatic carbocycles. The zero-order chi connectivity index (χ0) is 19.7. The van der Waals surface area contributed by atoms with Gasteiger partial charge in [0.2, 0.25) is 0 Å². The van der Waals surface area contributed by atoms with E-state index in [1.54, 1.807) is 7.05 Å². The van der Waals surface area contributed by atoms with E-state index in [0.29, 0.717) is 18.0 Å². The zero-order valence-electron chi connectivity index (χ0n) is 14.9. The van der Waals surface area contributed by atoms with Crippen LogP contribution in [0.15, 0.2) is 12.2 Å². The summed E-state index contributed by atoms with van der Waals surface area (Å²) in [5.41, 5.74) is 1.79. The molecule has 2 rings (SSSR count). The van der Waals surface area contributed by atoms with E-state index in [1.807, 2.05) is 13.8 Å². The number of nitrogens with one attached hydrogen (secondary N) is 2. The number of fused-ring (bicyclic) bond motifs is 2. The maximum absolute atomic E-state index is 12.5. The Labute approximate surface area is 152 Å². The van der Waals surface area contributed by atoms with Crippen molar-refractivity contribution >= 4 is 22.3 Å². The highest BCUT2D eigenvalue weighted by atomic mass is 32.3. The van der Waals surface area contributed by atoms with Crippen LogP contribution in [0.25, 0.3) is 0 Å². The Morgan fingerprint density at radius 1 is 1.46 bits per heavy atom. The van der Waals surface area contributed by atoms with E-state index >= 15 is 0 Å². The van der Waals surface area contributed by atoms with Crippen molar-refractivity contribution in [1.29, 1.82) is 0 Å². The van der Waals surface area contributed by atoms with Gasteiger partial charge in [0.05, 0.1) is 18.7 Å². The van der Waals surface area contributed by atoms with Crippen molar-refractivity contribution in [3.63, 3.8) is 0 Å². The third-order valence-corrected chi connectivity index (χ3v) is 4.92. The van der Waals surface area contributed by atoms with E-state index in [0.717, 1.165) is 0 Å². The molecule has 2 saturated heterocycles. The Balaban J connectivity index is 2.13. The van der Waals surface area contributed by atoms with Gasteiger partial charge in [-0.05, 0) is 18.9 Å². The molecular weight excluding hydrogens is 368 g/mol. The van der Waals surface area contributed by atoms with E-state index in [9.17, 15) is 18.0 Å². The maximum atomic E-state index is 12.5. The number of rotatable bonds is 8. The molecular formula is C14H24N4O7S. The number of carbonyl (C=O) groups is 2. The molecule has 2 atom stereocenters. The lowest BCUT2D eigenvalue weighted by molar-refractivity contribution is -0.130. The first kappa shape index (κ1) is 20.6. The minimum absolute atomic E-state index is 0.114. The first-order valence-electron chi connectivity index (χ1n) is 8.00. The van der Waals surface area contributed by atoms with Crippen LogP contribution in [0.4, 0.5) is 4.79 Å². The number of urea groups is 1. The van der Waals surface area contributed by atoms with Gasteiger partial charge in [-0.25, -0.2) is 10.3 Å². The molecule has 148 valence electrons. The summed E-state index contributed by atoms with van der Waals surface area (Å²) >= 11 is 0. The van der Waals surface area contributed by atoms with Crippen LogP contribution in [0, 0.1) is 5.41 Å². The fourth-order valence-electron chi connectivity index (χ4n) is 3.15. The number of amides is 3. The van der Waals surface area contributed by atoms with Gasteiger partial charge in [0.25, 0.3) is 5.91 Å². The second kappa shape index (κ2) is 7.48. The van der Waals surface area contributed by atoms with Crippen LogP contribution < -0.4 is 10.8 Å². The van der Waals surface area contributed by atoms with Crippen molar-refractivity contribution in [3.05, 3.63) is 12.2 Å². The molecule has 26 heavy (non-hydrogen) atoms. The Kier molecular flexibility index (Phi) is 5.92. The monoisotopic (exact) mass is 392 g/mol. The highest BCUT2D eigenvalue weighted by Crippen LogP contribution is 2.44. The van der Waals surface area contributed by atoms with Crippen molar-refractivity contribution in [2.75, 3.05) is 26.7 Å². The van der Waals surface area contributed by atoms with Gasteiger partial charge in [-0.2, -0.15) is 13.5 Å². The molecule has 11 nitrogen and oxygen atoms in total. The number of carbonyl (C=O) groups excluding carboxylic acids is 2. The smallest absolute Gasteiger partial charge is 0.317 e. The average Bonchev–Trinajstić information content (AvgIpc) is 2.81. The molecule has 3 N–H and O–H groups in total. The van der Waals surface area contributed by atoms with Gasteiger partial charge >= 0.3 is 16.4 Å². The summed E-state index contributed by atoms with van der Waals surface area (Å²) in [6.45, 7) is 8.33. The Bertz CT molecular complexity index is 693. The highest BCUT2D eigenvalue weighted by molar-refractivity contribution is 7.80. The number of likely N-dealkylation sites (N-methyl/N-ethyl adjacent to an activating group) is 1. The lowest BCUT2D eigenvalue weighted by Crippen LogP contribution is -2.51. The van der Waals surface area contributed by atoms with Crippen molar-refractivity contribution < 1.29 is 31.7 Å². The zero-order valence-corrected chi connectivity index (χ0v) is 15.7. The second-order valence-electron chi connectivity index (χ2n) is 6.90. The standard InChI is InChI=1S/C14H24N4O7S/c1-9(12(19)16-24-6-5-15-4)10-7-14(2,3)11-8-17(10)13(20)18(11)25-26(21,22)23/h10-11,15H,1,5-8H2,2-4H3,(H,16,19)(H,21,22,23). The summed E-state index contributed by atoms with van der Waals surface area (Å²) in [5, 5.41) is 3.50. The molecule has 3 amide bonds. The summed E-state index contributed by atoms with van der Waals surface area (Å²) in [5.74, 6) is -0.567. The van der Waals surface area contributed by atoms with Gasteiger partial charge in [-0.3, -0.25) is 14.2 Å². The van der Waals surface area contributed by atoms with Gasteiger partial charge in [0, 0.05) is 18.7 Å². The summed E-state index contributed by atoms with van der Waals surface area (Å²) < 4.78 is 35.5. The van der Waals surface area contributed by atoms with Gasteiger partial charge < -0.3 is 10.2 Å². The van der Waals surface area contributed by atoms with Gasteiger partial charge in [-0.1, -0.05) is 20.4 Å². The van der Waals surface area contributed by atoms with E-state index in [2.05, 4.69) is 21.7 Å². The Morgan fingerprint density at radius 3 is 2.69 bits per heavy atom. The molecule has 0 aromatic heterocycles. The lowest BCUT2D eigenvalue weighted by Gasteiger charge is -2.41. The van der Waals surface area contributed by atoms with Crippen molar-refractivity contribution in [2.45, 2.75) is 32.4 Å². The topological polar surface area (TPSA) is 138 Å². The highest BCUT2D eigenvalue weighted by Gasteiger charge is 2.56. The van der Waals surface area contributed by atoms with E-state index in [-0.39, 0.29) is 18.7 Å². The van der Waals surface area contributed by atoms with Crippen LogP contribution in [0.5, 0.6) is 0 Å². The van der Waals surface area contributed by atoms with Gasteiger partial charge in [-0.15, -0.1) is 4.28 Å². The fraction of sp³-hybridized carbons (Fsp3) is 0.714. The maximum Gasteiger partial charge on any atom is 0.418 e. The predicted molar refractivity (Wildman–Crippen MR) is 89.7 cm³/mol. The van der Waals surface area contributed by atoms with Crippen LogP contribution in [-0.4, -0.2) is 73.7 Å². The van der Waals surface area contributed by atoms with Crippen LogP contribution in [0.1, 0.15) is 20.3 Å². The summed E-state index contributed by atoms with van der Waals surface area (Å²) in [6.07, 6.45) is 0.359. The van der Waals surface area contributed by atoms with Gasteiger partial charge in [0.1, 0.15) is 0 Å². The van der Waals surface area contributed by atoms with Crippen LogP contribution >= 0.6 is 0 Å². The molecule has 2 fully saturated rings. The minimum Gasteiger partial charge on any atom is -0.317 e. The molecule has 0 radical (unpaired) electrons. The molecule has 2 aliphatic rings. The van der Waals surface area contributed by atoms with Crippen molar-refractivity contribution in [3.8, 4) is 0 Å². The van der Waals surface area contributed by atoms with Crippen LogP contribution in [0.3, 0.4) is 0 Å². The van der Waals surface area contributed by atoms with Gasteiger partial charge in [0.15, 0.2) is 0 Å². The Hall–Kier alpha value is -1.73. The van der Waals surface area contributed by atoms with E-state index in [4.69, 9.17) is 9.39 Å². The number of hydroxylamine groups is 3. The molecule has 0 saturated carbocycles. The number of hydrogen-bond acceptors (Lipinski definition) is 7. The third kappa shape index (κ3) is 4.32. The molecule has 2 unspecified atom stereocenters.